The molecule has 2 unspecified atom stereocenters. The van der Waals surface area contributed by atoms with E-state index in [4.69, 9.17) is 4.74 Å². The van der Waals surface area contributed by atoms with Gasteiger partial charge in [-0.2, -0.15) is 0 Å². The van der Waals surface area contributed by atoms with E-state index in [0.717, 1.165) is 24.1 Å². The van der Waals surface area contributed by atoms with E-state index >= 15 is 0 Å². The average molecular weight is 262 g/mol. The Bertz CT molecular complexity index is 432. The summed E-state index contributed by atoms with van der Waals surface area (Å²) in [4.78, 5) is 2.07. The zero-order valence-corrected chi connectivity index (χ0v) is 11.6. The molecule has 0 radical (unpaired) electrons. The summed E-state index contributed by atoms with van der Waals surface area (Å²) in [6, 6.07) is 8.79. The molecule has 104 valence electrons. The van der Waals surface area contributed by atoms with Gasteiger partial charge in [-0.25, -0.2) is 0 Å². The molecular weight excluding hydrogens is 240 g/mol. The Morgan fingerprint density at radius 2 is 1.74 bits per heavy atom. The summed E-state index contributed by atoms with van der Waals surface area (Å²) in [5.74, 6) is 0. The van der Waals surface area contributed by atoms with Gasteiger partial charge in [0.25, 0.3) is 0 Å². The fourth-order valence-electron chi connectivity index (χ4n) is 3.22. The second kappa shape index (κ2) is 4.78. The fourth-order valence-corrected chi connectivity index (χ4v) is 3.22. The molecule has 4 nitrogen and oxygen atoms in total. The van der Waals surface area contributed by atoms with Crippen LogP contribution in [0.1, 0.15) is 18.4 Å². The summed E-state index contributed by atoms with van der Waals surface area (Å²) in [5, 5.41) is 14.5. The van der Waals surface area contributed by atoms with Crippen LogP contribution < -0.4 is 10.2 Å². The number of fused-ring (bicyclic) bond motifs is 2. The van der Waals surface area contributed by atoms with Crippen molar-refractivity contribution in [1.82, 2.24) is 5.32 Å². The molecule has 0 spiro atoms. The maximum atomic E-state index is 11.0. The van der Waals surface area contributed by atoms with Gasteiger partial charge in [0.05, 0.1) is 18.8 Å². The molecule has 0 amide bonds. The summed E-state index contributed by atoms with van der Waals surface area (Å²) in [6.45, 7) is 1.41. The van der Waals surface area contributed by atoms with Crippen molar-refractivity contribution in [3.05, 3.63) is 29.8 Å². The third-order valence-corrected chi connectivity index (χ3v) is 4.20. The molecule has 2 saturated heterocycles. The van der Waals surface area contributed by atoms with Crippen LogP contribution in [-0.4, -0.2) is 44.5 Å². The van der Waals surface area contributed by atoms with Gasteiger partial charge in [-0.1, -0.05) is 12.1 Å². The molecule has 0 saturated carbocycles. The molecule has 2 N–H and O–H groups in total. The summed E-state index contributed by atoms with van der Waals surface area (Å²) in [5.41, 5.74) is 1.47. The standard InChI is InChI=1S/C15H22N2O2/c1-17(2)14-5-3-11(4-6-14)15(18)7-12-9-19-10-13(8-15)16-12/h3-6,12-13,16,18H,7-10H2,1-2H3. The predicted molar refractivity (Wildman–Crippen MR) is 75.4 cm³/mol. The van der Waals surface area contributed by atoms with E-state index in [2.05, 4.69) is 34.5 Å². The first-order chi connectivity index (χ1) is 9.07. The van der Waals surface area contributed by atoms with Gasteiger partial charge in [0.2, 0.25) is 0 Å². The molecule has 1 aromatic rings. The maximum absolute atomic E-state index is 11.0. The van der Waals surface area contributed by atoms with E-state index in [1.165, 1.54) is 0 Å². The lowest BCUT2D eigenvalue weighted by atomic mass is 9.78. The molecule has 2 fully saturated rings. The van der Waals surface area contributed by atoms with Gasteiger partial charge < -0.3 is 20.1 Å². The number of anilines is 1. The number of rotatable bonds is 2. The second-order valence-corrected chi connectivity index (χ2v) is 5.98. The average Bonchev–Trinajstić information content (AvgIpc) is 2.38. The van der Waals surface area contributed by atoms with Crippen molar-refractivity contribution >= 4 is 5.69 Å². The number of piperidine rings is 1. The van der Waals surface area contributed by atoms with Crippen LogP contribution in [0.2, 0.25) is 0 Å². The number of morpholine rings is 1. The first-order valence-electron chi connectivity index (χ1n) is 6.91. The summed E-state index contributed by atoms with van der Waals surface area (Å²) in [7, 11) is 4.05. The largest absolute Gasteiger partial charge is 0.385 e. The smallest absolute Gasteiger partial charge is 0.0928 e. The zero-order chi connectivity index (χ0) is 13.5. The SMILES string of the molecule is CN(C)c1ccc(C2(O)CC3COCC(C2)N3)cc1. The van der Waals surface area contributed by atoms with Gasteiger partial charge in [0.15, 0.2) is 0 Å². The highest BCUT2D eigenvalue weighted by molar-refractivity contribution is 5.47. The van der Waals surface area contributed by atoms with Crippen LogP contribution in [0, 0.1) is 0 Å². The van der Waals surface area contributed by atoms with E-state index in [9.17, 15) is 5.11 Å². The number of hydrogen-bond acceptors (Lipinski definition) is 4. The maximum Gasteiger partial charge on any atom is 0.0928 e. The molecule has 2 aliphatic rings. The first-order valence-corrected chi connectivity index (χ1v) is 6.91. The summed E-state index contributed by atoms with van der Waals surface area (Å²) < 4.78 is 5.54. The lowest BCUT2D eigenvalue weighted by molar-refractivity contribution is -0.0802. The Balaban J connectivity index is 1.83. The Kier molecular flexibility index (Phi) is 3.25. The first kappa shape index (κ1) is 12.9. The van der Waals surface area contributed by atoms with Crippen molar-refractivity contribution in [3.8, 4) is 0 Å². The number of aliphatic hydroxyl groups is 1. The number of nitrogens with zero attached hydrogens (tertiary/aromatic N) is 1. The van der Waals surface area contributed by atoms with Gasteiger partial charge in [-0.3, -0.25) is 0 Å². The van der Waals surface area contributed by atoms with Gasteiger partial charge in [-0.05, 0) is 30.5 Å². The van der Waals surface area contributed by atoms with E-state index in [-0.39, 0.29) is 12.1 Å². The minimum absolute atomic E-state index is 0.269. The molecule has 4 heteroatoms. The molecule has 3 rings (SSSR count). The normalized spacial score (nSPS) is 34.1. The van der Waals surface area contributed by atoms with E-state index < -0.39 is 5.60 Å². The van der Waals surface area contributed by atoms with Crippen molar-refractivity contribution < 1.29 is 9.84 Å². The Hall–Kier alpha value is -1.10. The minimum Gasteiger partial charge on any atom is -0.385 e. The van der Waals surface area contributed by atoms with Crippen LogP contribution in [0.25, 0.3) is 0 Å². The number of ether oxygens (including phenoxy) is 1. The molecule has 2 atom stereocenters. The van der Waals surface area contributed by atoms with Crippen LogP contribution in [0.3, 0.4) is 0 Å². The van der Waals surface area contributed by atoms with Crippen molar-refractivity contribution in [2.24, 2.45) is 0 Å². The Labute approximate surface area is 114 Å². The van der Waals surface area contributed by atoms with Crippen LogP contribution in [0.5, 0.6) is 0 Å². The van der Waals surface area contributed by atoms with Crippen molar-refractivity contribution in [3.63, 3.8) is 0 Å². The topological polar surface area (TPSA) is 44.7 Å². The molecule has 1 aromatic carbocycles. The van der Waals surface area contributed by atoms with E-state index in [0.29, 0.717) is 13.2 Å². The van der Waals surface area contributed by atoms with E-state index in [1.807, 2.05) is 14.1 Å². The van der Waals surface area contributed by atoms with Gasteiger partial charge in [0.1, 0.15) is 0 Å². The third kappa shape index (κ3) is 2.48. The van der Waals surface area contributed by atoms with Crippen LogP contribution in [0.4, 0.5) is 5.69 Å². The molecule has 2 aliphatic heterocycles. The summed E-state index contributed by atoms with van der Waals surface area (Å²) >= 11 is 0. The Morgan fingerprint density at radius 3 is 2.26 bits per heavy atom. The molecule has 2 bridgehead atoms. The van der Waals surface area contributed by atoms with Crippen molar-refractivity contribution in [2.45, 2.75) is 30.5 Å². The van der Waals surface area contributed by atoms with Gasteiger partial charge >= 0.3 is 0 Å². The van der Waals surface area contributed by atoms with Crippen LogP contribution >= 0.6 is 0 Å². The molecule has 2 heterocycles. The highest BCUT2D eigenvalue weighted by atomic mass is 16.5. The number of hydrogen-bond donors (Lipinski definition) is 2. The molecular formula is C15H22N2O2. The third-order valence-electron chi connectivity index (χ3n) is 4.20. The zero-order valence-electron chi connectivity index (χ0n) is 11.6. The molecule has 19 heavy (non-hydrogen) atoms. The highest BCUT2D eigenvalue weighted by Crippen LogP contribution is 2.37. The highest BCUT2D eigenvalue weighted by Gasteiger charge is 2.42. The van der Waals surface area contributed by atoms with Crippen LogP contribution in [0.15, 0.2) is 24.3 Å². The Morgan fingerprint density at radius 1 is 1.16 bits per heavy atom. The van der Waals surface area contributed by atoms with Gasteiger partial charge in [-0.15, -0.1) is 0 Å². The monoisotopic (exact) mass is 262 g/mol. The lowest BCUT2D eigenvalue weighted by Gasteiger charge is -2.45. The van der Waals surface area contributed by atoms with Crippen molar-refractivity contribution in [2.75, 3.05) is 32.2 Å². The molecule has 0 aromatic heterocycles. The van der Waals surface area contributed by atoms with E-state index in [1.54, 1.807) is 0 Å². The van der Waals surface area contributed by atoms with Crippen molar-refractivity contribution in [1.29, 1.82) is 0 Å². The number of benzene rings is 1. The molecule has 0 aliphatic carbocycles. The van der Waals surface area contributed by atoms with Gasteiger partial charge in [0, 0.05) is 31.9 Å². The predicted octanol–water partition coefficient (Wildman–Crippen LogP) is 1.09. The lowest BCUT2D eigenvalue weighted by Crippen LogP contribution is -2.58. The minimum atomic E-state index is -0.713. The summed E-state index contributed by atoms with van der Waals surface area (Å²) in [6.07, 6.45) is 1.45. The fraction of sp³-hybridized carbons (Fsp3) is 0.600. The quantitative estimate of drug-likeness (QED) is 0.837. The van der Waals surface area contributed by atoms with Crippen LogP contribution in [-0.2, 0) is 10.3 Å². The number of nitrogens with one attached hydrogen (secondary N) is 1. The second-order valence-electron chi connectivity index (χ2n) is 5.98.